The molecule has 0 bridgehead atoms. The van der Waals surface area contributed by atoms with E-state index in [4.69, 9.17) is 0 Å². The lowest BCUT2D eigenvalue weighted by atomic mass is 9.84. The van der Waals surface area contributed by atoms with Crippen molar-refractivity contribution in [2.24, 2.45) is 10.9 Å². The Bertz CT molecular complexity index is 964. The first-order chi connectivity index (χ1) is 13.5. The van der Waals surface area contributed by atoms with Crippen molar-refractivity contribution in [2.75, 3.05) is 0 Å². The molecule has 1 fully saturated rings. The van der Waals surface area contributed by atoms with Gasteiger partial charge in [0.2, 0.25) is 0 Å². The number of rotatable bonds is 4. The fourth-order valence-electron chi connectivity index (χ4n) is 3.82. The maximum atomic E-state index is 12.8. The van der Waals surface area contributed by atoms with Crippen molar-refractivity contribution in [3.05, 3.63) is 47.7 Å². The number of carbonyl (C=O) groups is 3. The number of nitrogens with one attached hydrogen (secondary N) is 1. The normalized spacial score (nSPS) is 21.6. The number of nitrogens with zero attached hydrogens (tertiary/aromatic N) is 3. The Balaban J connectivity index is 1.62. The molecule has 1 aliphatic carbocycles. The number of hydrogen-bond acceptors (Lipinski definition) is 5. The second-order valence-corrected chi connectivity index (χ2v) is 7.10. The highest BCUT2D eigenvalue weighted by Crippen LogP contribution is 2.28. The minimum absolute atomic E-state index is 0.101. The summed E-state index contributed by atoms with van der Waals surface area (Å²) in [5.41, 5.74) is 1.57. The second kappa shape index (κ2) is 7.38. The Kier molecular flexibility index (Phi) is 4.77. The summed E-state index contributed by atoms with van der Waals surface area (Å²) < 4.78 is 1.14. The zero-order valence-electron chi connectivity index (χ0n) is 15.2. The molecule has 144 valence electrons. The molecule has 1 aromatic heterocycles. The van der Waals surface area contributed by atoms with Crippen LogP contribution in [-0.2, 0) is 4.79 Å². The van der Waals surface area contributed by atoms with Crippen LogP contribution in [-0.4, -0.2) is 44.4 Å². The van der Waals surface area contributed by atoms with Gasteiger partial charge in [-0.05, 0) is 18.4 Å². The minimum atomic E-state index is -0.901. The number of carboxylic acids is 1. The highest BCUT2D eigenvalue weighted by molar-refractivity contribution is 6.15. The number of carboxylic acid groups (broad SMARTS) is 1. The van der Waals surface area contributed by atoms with Gasteiger partial charge in [0.05, 0.1) is 24.2 Å². The molecule has 4 rings (SSSR count). The van der Waals surface area contributed by atoms with Crippen molar-refractivity contribution in [1.82, 2.24) is 15.1 Å². The highest BCUT2D eigenvalue weighted by atomic mass is 16.4. The van der Waals surface area contributed by atoms with E-state index < -0.39 is 23.8 Å². The van der Waals surface area contributed by atoms with Crippen LogP contribution in [0.15, 0.2) is 41.5 Å². The van der Waals surface area contributed by atoms with Crippen LogP contribution in [0.4, 0.5) is 5.82 Å². The number of aromatic nitrogens is 2. The van der Waals surface area contributed by atoms with Crippen LogP contribution in [0.25, 0.3) is 0 Å². The van der Waals surface area contributed by atoms with Gasteiger partial charge in [0.15, 0.2) is 5.82 Å². The van der Waals surface area contributed by atoms with Gasteiger partial charge in [-0.25, -0.2) is 4.99 Å². The first-order valence-corrected chi connectivity index (χ1v) is 9.32. The molecule has 2 N–H and O–H groups in total. The van der Waals surface area contributed by atoms with Crippen molar-refractivity contribution in [3.63, 3.8) is 0 Å². The van der Waals surface area contributed by atoms with E-state index in [2.05, 4.69) is 15.4 Å². The lowest BCUT2D eigenvalue weighted by Crippen LogP contribution is -2.45. The number of amides is 1. The topological polar surface area (TPSA) is 114 Å². The summed E-state index contributed by atoms with van der Waals surface area (Å²) in [6.45, 7) is 0. The number of aliphatic carboxylic acids is 1. The monoisotopic (exact) mass is 380 g/mol. The third-order valence-electron chi connectivity index (χ3n) is 5.29. The molecule has 8 nitrogen and oxygen atoms in total. The molecule has 8 heteroatoms. The molecule has 1 amide bonds. The number of benzene rings is 1. The summed E-state index contributed by atoms with van der Waals surface area (Å²) in [5.74, 6) is -2.03. The van der Waals surface area contributed by atoms with E-state index in [1.165, 1.54) is 6.20 Å². The zero-order valence-corrected chi connectivity index (χ0v) is 15.2. The van der Waals surface area contributed by atoms with Gasteiger partial charge in [0.25, 0.3) is 11.8 Å². The second-order valence-electron chi connectivity index (χ2n) is 7.10. The van der Waals surface area contributed by atoms with Crippen molar-refractivity contribution >= 4 is 29.3 Å². The molecule has 0 spiro atoms. The largest absolute Gasteiger partial charge is 0.481 e. The third kappa shape index (κ3) is 3.33. The Morgan fingerprint density at radius 1 is 1.14 bits per heavy atom. The molecular formula is C20H20N4O4. The standard InChI is InChI=1S/C20H20N4O4/c25-17-10-16(12-6-2-1-3-7-12)22-18-14(11-21-24(17)18)19(26)23-15-9-5-4-8-13(15)20(27)28/h1-3,6-7,11,13,15H,4-5,8-10H2,(H,23,26)(H,27,28)/t13-,15+/m1/s1. The molecule has 1 aliphatic heterocycles. The summed E-state index contributed by atoms with van der Waals surface area (Å²) in [4.78, 5) is 41.3. The molecule has 0 unspecified atom stereocenters. The molecule has 2 aliphatic rings. The molecule has 28 heavy (non-hydrogen) atoms. The van der Waals surface area contributed by atoms with E-state index in [0.29, 0.717) is 18.6 Å². The van der Waals surface area contributed by atoms with E-state index in [1.54, 1.807) is 0 Å². The molecular weight excluding hydrogens is 360 g/mol. The Morgan fingerprint density at radius 3 is 2.64 bits per heavy atom. The van der Waals surface area contributed by atoms with E-state index >= 15 is 0 Å². The van der Waals surface area contributed by atoms with Crippen molar-refractivity contribution in [3.8, 4) is 0 Å². The predicted molar refractivity (Wildman–Crippen MR) is 101 cm³/mol. The molecule has 1 aromatic carbocycles. The van der Waals surface area contributed by atoms with Crippen molar-refractivity contribution < 1.29 is 19.5 Å². The van der Waals surface area contributed by atoms with Crippen LogP contribution in [0.1, 0.15) is 52.8 Å². The summed E-state index contributed by atoms with van der Waals surface area (Å²) in [7, 11) is 0. The molecule has 2 heterocycles. The quantitative estimate of drug-likeness (QED) is 0.846. The molecule has 2 atom stereocenters. The lowest BCUT2D eigenvalue weighted by molar-refractivity contribution is -0.143. The maximum Gasteiger partial charge on any atom is 0.308 e. The van der Waals surface area contributed by atoms with E-state index in [-0.39, 0.29) is 23.7 Å². The fraction of sp³-hybridized carbons (Fsp3) is 0.350. The lowest BCUT2D eigenvalue weighted by Gasteiger charge is -2.29. The average molecular weight is 380 g/mol. The predicted octanol–water partition coefficient (Wildman–Crippen LogP) is 2.42. The minimum Gasteiger partial charge on any atom is -0.481 e. The smallest absolute Gasteiger partial charge is 0.308 e. The van der Waals surface area contributed by atoms with Crippen LogP contribution in [0.2, 0.25) is 0 Å². The van der Waals surface area contributed by atoms with Gasteiger partial charge in [-0.15, -0.1) is 0 Å². The van der Waals surface area contributed by atoms with E-state index in [9.17, 15) is 19.5 Å². The van der Waals surface area contributed by atoms with Crippen molar-refractivity contribution in [1.29, 1.82) is 0 Å². The molecule has 0 radical (unpaired) electrons. The molecule has 2 aromatic rings. The molecule has 1 saturated carbocycles. The van der Waals surface area contributed by atoms with Gasteiger partial charge in [0, 0.05) is 6.04 Å². The maximum absolute atomic E-state index is 12.8. The van der Waals surface area contributed by atoms with Gasteiger partial charge in [-0.3, -0.25) is 14.4 Å². The first-order valence-electron chi connectivity index (χ1n) is 9.32. The summed E-state index contributed by atoms with van der Waals surface area (Å²) >= 11 is 0. The Labute approximate surface area is 161 Å². The number of aliphatic imine (C=N–C) groups is 1. The van der Waals surface area contributed by atoms with Crippen LogP contribution in [0, 0.1) is 5.92 Å². The third-order valence-corrected chi connectivity index (χ3v) is 5.29. The summed E-state index contributed by atoms with van der Waals surface area (Å²) in [6, 6.07) is 8.87. The number of fused-ring (bicyclic) bond motifs is 1. The Hall–Kier alpha value is -3.29. The van der Waals surface area contributed by atoms with E-state index in [1.807, 2.05) is 30.3 Å². The zero-order chi connectivity index (χ0) is 19.7. The van der Waals surface area contributed by atoms with Crippen LogP contribution in [0.5, 0.6) is 0 Å². The van der Waals surface area contributed by atoms with Crippen LogP contribution >= 0.6 is 0 Å². The fourth-order valence-corrected chi connectivity index (χ4v) is 3.82. The van der Waals surface area contributed by atoms with Crippen LogP contribution in [0.3, 0.4) is 0 Å². The summed E-state index contributed by atoms with van der Waals surface area (Å²) in [5, 5.41) is 16.2. The first kappa shape index (κ1) is 18.1. The Morgan fingerprint density at radius 2 is 1.89 bits per heavy atom. The highest BCUT2D eigenvalue weighted by Gasteiger charge is 2.34. The summed E-state index contributed by atoms with van der Waals surface area (Å²) in [6.07, 6.45) is 4.29. The SMILES string of the molecule is O=C(N[C@H]1CCCC[C@H]1C(=O)O)c1cnn2c1N=C(c1ccccc1)CC2=O. The van der Waals surface area contributed by atoms with Gasteiger partial charge < -0.3 is 10.4 Å². The van der Waals surface area contributed by atoms with Crippen molar-refractivity contribution in [2.45, 2.75) is 38.1 Å². The average Bonchev–Trinajstić information content (AvgIpc) is 3.13. The number of carbonyl (C=O) groups excluding carboxylic acids is 2. The van der Waals surface area contributed by atoms with Gasteiger partial charge in [-0.1, -0.05) is 43.2 Å². The van der Waals surface area contributed by atoms with Gasteiger partial charge in [-0.2, -0.15) is 9.78 Å². The van der Waals surface area contributed by atoms with E-state index in [0.717, 1.165) is 23.1 Å². The van der Waals surface area contributed by atoms with Gasteiger partial charge in [0.1, 0.15) is 5.56 Å². The molecule has 0 saturated heterocycles. The number of hydrogen-bond donors (Lipinski definition) is 2. The van der Waals surface area contributed by atoms with Crippen LogP contribution < -0.4 is 5.32 Å². The van der Waals surface area contributed by atoms with Gasteiger partial charge >= 0.3 is 5.97 Å².